The molecule has 0 fully saturated rings. The average Bonchev–Trinajstić information content (AvgIpc) is 2.94. The Kier molecular flexibility index (Phi) is 2.60. The maximum Gasteiger partial charge on any atom is 0.214 e. The van der Waals surface area contributed by atoms with E-state index in [0.717, 1.165) is 22.5 Å². The van der Waals surface area contributed by atoms with Crippen LogP contribution in [0, 0.1) is 0 Å². The predicted molar refractivity (Wildman–Crippen MR) is 72.7 cm³/mol. The zero-order chi connectivity index (χ0) is 13.6. The molecule has 0 unspecified atom stereocenters. The number of hydrogen-bond donors (Lipinski definition) is 1. The van der Waals surface area contributed by atoms with Crippen molar-refractivity contribution in [1.82, 2.24) is 14.0 Å². The molecule has 0 spiro atoms. The Hall–Kier alpha value is -2.21. The largest absolute Gasteiger partial charge is 0.493 e. The van der Waals surface area contributed by atoms with Crippen molar-refractivity contribution in [3.8, 4) is 11.5 Å². The van der Waals surface area contributed by atoms with Gasteiger partial charge in [0.05, 0.1) is 30.9 Å². The Morgan fingerprint density at radius 1 is 1.21 bits per heavy atom. The van der Waals surface area contributed by atoms with Crippen LogP contribution in [-0.2, 0) is 13.6 Å². The second-order valence-electron chi connectivity index (χ2n) is 4.36. The Bertz CT molecular complexity index is 757. The SMILES string of the molecule is COc1cc2nc3n(C)c(CN)cn3c2cc1OC. The number of rotatable bonds is 3. The molecule has 2 aromatic heterocycles. The van der Waals surface area contributed by atoms with Crippen molar-refractivity contribution in [3.63, 3.8) is 0 Å². The van der Waals surface area contributed by atoms with Gasteiger partial charge in [-0.05, 0) is 0 Å². The van der Waals surface area contributed by atoms with E-state index >= 15 is 0 Å². The molecule has 0 aliphatic heterocycles. The zero-order valence-corrected chi connectivity index (χ0v) is 11.2. The van der Waals surface area contributed by atoms with Crippen LogP contribution in [0.15, 0.2) is 18.3 Å². The van der Waals surface area contributed by atoms with Crippen molar-refractivity contribution >= 4 is 16.8 Å². The third-order valence-corrected chi connectivity index (χ3v) is 3.39. The third kappa shape index (κ3) is 1.57. The lowest BCUT2D eigenvalue weighted by Gasteiger charge is -2.06. The molecule has 3 rings (SSSR count). The molecule has 0 bridgehead atoms. The maximum absolute atomic E-state index is 5.71. The average molecular weight is 260 g/mol. The summed E-state index contributed by atoms with van der Waals surface area (Å²) in [5, 5.41) is 0. The van der Waals surface area contributed by atoms with Crippen LogP contribution in [0.25, 0.3) is 16.8 Å². The predicted octanol–water partition coefficient (Wildman–Crippen LogP) is 1.30. The number of ether oxygens (including phenoxy) is 2. The highest BCUT2D eigenvalue weighted by Crippen LogP contribution is 2.32. The molecular formula is C13H16N4O2. The molecule has 3 aromatic rings. The minimum atomic E-state index is 0.481. The Balaban J connectivity index is 2.37. The van der Waals surface area contributed by atoms with E-state index in [1.807, 2.05) is 34.3 Å². The minimum Gasteiger partial charge on any atom is -0.493 e. The lowest BCUT2D eigenvalue weighted by Crippen LogP contribution is -2.02. The number of aryl methyl sites for hydroxylation is 1. The summed E-state index contributed by atoms with van der Waals surface area (Å²) in [5.74, 6) is 2.22. The van der Waals surface area contributed by atoms with Crippen LogP contribution in [0.5, 0.6) is 11.5 Å². The molecule has 0 aliphatic carbocycles. The zero-order valence-electron chi connectivity index (χ0n) is 11.2. The summed E-state index contributed by atoms with van der Waals surface area (Å²) >= 11 is 0. The van der Waals surface area contributed by atoms with Gasteiger partial charge in [0.25, 0.3) is 0 Å². The lowest BCUT2D eigenvalue weighted by molar-refractivity contribution is 0.355. The number of benzene rings is 1. The van der Waals surface area contributed by atoms with Gasteiger partial charge in [0, 0.05) is 31.9 Å². The monoisotopic (exact) mass is 260 g/mol. The van der Waals surface area contributed by atoms with Crippen molar-refractivity contribution in [2.75, 3.05) is 14.2 Å². The van der Waals surface area contributed by atoms with Crippen LogP contribution in [0.1, 0.15) is 5.69 Å². The number of hydrogen-bond acceptors (Lipinski definition) is 4. The van der Waals surface area contributed by atoms with Crippen molar-refractivity contribution in [2.24, 2.45) is 12.8 Å². The van der Waals surface area contributed by atoms with Crippen LogP contribution < -0.4 is 15.2 Å². The van der Waals surface area contributed by atoms with E-state index in [0.29, 0.717) is 18.0 Å². The summed E-state index contributed by atoms with van der Waals surface area (Å²) in [4.78, 5) is 4.60. The Morgan fingerprint density at radius 3 is 2.53 bits per heavy atom. The number of fused-ring (bicyclic) bond motifs is 3. The molecule has 0 saturated carbocycles. The first-order valence-electron chi connectivity index (χ1n) is 5.98. The van der Waals surface area contributed by atoms with Crippen molar-refractivity contribution < 1.29 is 9.47 Å². The van der Waals surface area contributed by atoms with E-state index in [-0.39, 0.29) is 0 Å². The van der Waals surface area contributed by atoms with Gasteiger partial charge in [-0.1, -0.05) is 0 Å². The summed E-state index contributed by atoms with van der Waals surface area (Å²) in [6.07, 6.45) is 2.00. The van der Waals surface area contributed by atoms with Gasteiger partial charge >= 0.3 is 0 Å². The van der Waals surface area contributed by atoms with E-state index in [1.165, 1.54) is 0 Å². The van der Waals surface area contributed by atoms with E-state index in [1.54, 1.807) is 14.2 Å². The highest BCUT2D eigenvalue weighted by atomic mass is 16.5. The van der Waals surface area contributed by atoms with Crippen LogP contribution in [0.4, 0.5) is 0 Å². The van der Waals surface area contributed by atoms with Gasteiger partial charge in [0.2, 0.25) is 5.78 Å². The number of aromatic nitrogens is 3. The number of nitrogens with two attached hydrogens (primary N) is 1. The second-order valence-corrected chi connectivity index (χ2v) is 4.36. The van der Waals surface area contributed by atoms with Crippen LogP contribution >= 0.6 is 0 Å². The highest BCUT2D eigenvalue weighted by molar-refractivity contribution is 5.83. The standard InChI is InChI=1S/C13H16N4O2/c1-16-8(6-14)7-17-10-5-12(19-3)11(18-2)4-9(10)15-13(16)17/h4-5,7H,6,14H2,1-3H3. The smallest absolute Gasteiger partial charge is 0.214 e. The molecule has 2 N–H and O–H groups in total. The second kappa shape index (κ2) is 4.17. The number of nitrogens with zero attached hydrogens (tertiary/aromatic N) is 3. The van der Waals surface area contributed by atoms with E-state index < -0.39 is 0 Å². The molecule has 0 atom stereocenters. The molecule has 1 aromatic carbocycles. The molecule has 6 heteroatoms. The molecule has 0 amide bonds. The number of methoxy groups -OCH3 is 2. The van der Waals surface area contributed by atoms with Gasteiger partial charge in [-0.2, -0.15) is 0 Å². The minimum absolute atomic E-state index is 0.481. The topological polar surface area (TPSA) is 66.7 Å². The Morgan fingerprint density at radius 2 is 1.89 bits per heavy atom. The van der Waals surface area contributed by atoms with E-state index in [2.05, 4.69) is 4.98 Å². The summed E-state index contributed by atoms with van der Waals surface area (Å²) in [5.41, 5.74) is 8.58. The van der Waals surface area contributed by atoms with Crippen LogP contribution in [-0.4, -0.2) is 28.2 Å². The highest BCUT2D eigenvalue weighted by Gasteiger charge is 2.14. The first kappa shape index (κ1) is 11.9. The maximum atomic E-state index is 5.71. The van der Waals surface area contributed by atoms with Crippen LogP contribution in [0.3, 0.4) is 0 Å². The lowest BCUT2D eigenvalue weighted by atomic mass is 10.2. The van der Waals surface area contributed by atoms with Gasteiger partial charge in [-0.25, -0.2) is 4.98 Å². The first-order valence-corrected chi connectivity index (χ1v) is 5.98. The molecule has 19 heavy (non-hydrogen) atoms. The quantitative estimate of drug-likeness (QED) is 0.771. The van der Waals surface area contributed by atoms with Gasteiger partial charge < -0.3 is 19.8 Å². The first-order chi connectivity index (χ1) is 9.19. The molecule has 100 valence electrons. The fraction of sp³-hybridized carbons (Fsp3) is 0.308. The van der Waals surface area contributed by atoms with Gasteiger partial charge in [0.1, 0.15) is 0 Å². The van der Waals surface area contributed by atoms with Crippen molar-refractivity contribution in [1.29, 1.82) is 0 Å². The molecule has 6 nitrogen and oxygen atoms in total. The summed E-state index contributed by atoms with van der Waals surface area (Å²) < 4.78 is 14.6. The molecule has 0 radical (unpaired) electrons. The summed E-state index contributed by atoms with van der Waals surface area (Å²) in [7, 11) is 5.20. The van der Waals surface area contributed by atoms with Gasteiger partial charge in [-0.15, -0.1) is 0 Å². The molecular weight excluding hydrogens is 244 g/mol. The van der Waals surface area contributed by atoms with E-state index in [4.69, 9.17) is 15.2 Å². The van der Waals surface area contributed by atoms with Gasteiger partial charge in [-0.3, -0.25) is 4.40 Å². The summed E-state index contributed by atoms with van der Waals surface area (Å²) in [6, 6.07) is 3.80. The van der Waals surface area contributed by atoms with Gasteiger partial charge in [0.15, 0.2) is 11.5 Å². The van der Waals surface area contributed by atoms with Crippen molar-refractivity contribution in [3.05, 3.63) is 24.0 Å². The molecule has 0 saturated heterocycles. The normalized spacial score (nSPS) is 11.4. The molecule has 0 aliphatic rings. The number of imidazole rings is 2. The van der Waals surface area contributed by atoms with E-state index in [9.17, 15) is 0 Å². The fourth-order valence-corrected chi connectivity index (χ4v) is 2.33. The Labute approximate surface area is 110 Å². The van der Waals surface area contributed by atoms with Crippen LogP contribution in [0.2, 0.25) is 0 Å². The van der Waals surface area contributed by atoms with Crippen molar-refractivity contribution in [2.45, 2.75) is 6.54 Å². The fourth-order valence-electron chi connectivity index (χ4n) is 2.33. The third-order valence-electron chi connectivity index (χ3n) is 3.39. The summed E-state index contributed by atoms with van der Waals surface area (Å²) in [6.45, 7) is 0.481. The molecule has 2 heterocycles.